The smallest absolute Gasteiger partial charge is 0.0553 e. The van der Waals surface area contributed by atoms with Crippen molar-refractivity contribution in [3.8, 4) is 0 Å². The van der Waals surface area contributed by atoms with Crippen LogP contribution in [0.15, 0.2) is 0 Å². The summed E-state index contributed by atoms with van der Waals surface area (Å²) in [4.78, 5) is 2.38. The number of nitrogens with zero attached hydrogens (tertiary/aromatic N) is 1. The fourth-order valence-electron chi connectivity index (χ4n) is 0.671. The number of nitrogens with two attached hydrogens (primary N) is 3. The average molecular weight is 380 g/mol. The molecule has 0 heterocycles. The van der Waals surface area contributed by atoms with Crippen LogP contribution in [0.1, 0.15) is 20.8 Å². The minimum absolute atomic E-state index is 0. The quantitative estimate of drug-likeness (QED) is 0.311. The summed E-state index contributed by atoms with van der Waals surface area (Å²) in [6.07, 6.45) is 0. The minimum Gasteiger partial charge on any atom is -0.395 e. The molecule has 0 saturated carbocycles. The van der Waals surface area contributed by atoms with Gasteiger partial charge in [0.1, 0.15) is 0 Å². The first-order chi connectivity index (χ1) is 9.09. The summed E-state index contributed by atoms with van der Waals surface area (Å²) < 4.78 is 0. The van der Waals surface area contributed by atoms with E-state index >= 15 is 0 Å². The molecule has 21 heavy (non-hydrogen) atoms. The van der Waals surface area contributed by atoms with E-state index in [4.69, 9.17) is 32.5 Å². The summed E-state index contributed by atoms with van der Waals surface area (Å²) >= 11 is 0. The fourth-order valence-corrected chi connectivity index (χ4v) is 0.671. The molecule has 0 fully saturated rings. The van der Waals surface area contributed by atoms with Crippen LogP contribution in [0.4, 0.5) is 0 Å². The van der Waals surface area contributed by atoms with Gasteiger partial charge in [0, 0.05) is 36.1 Å². The van der Waals surface area contributed by atoms with Gasteiger partial charge in [0.05, 0.1) is 19.8 Å². The molecule has 0 spiro atoms. The van der Waals surface area contributed by atoms with E-state index in [2.05, 4.69) is 25.7 Å². The van der Waals surface area contributed by atoms with Crippen molar-refractivity contribution in [2.45, 2.75) is 20.8 Å². The maximum atomic E-state index is 7.75. The Kier molecular flexibility index (Phi) is 89.3. The van der Waals surface area contributed by atoms with Gasteiger partial charge in [-0.25, -0.2) is 0 Å². The Hall–Kier alpha value is 0.504. The van der Waals surface area contributed by atoms with Gasteiger partial charge in [0.15, 0.2) is 0 Å². The Balaban J connectivity index is -0.0000000359. The minimum atomic E-state index is 0. The van der Waals surface area contributed by atoms with Crippen LogP contribution in [0, 0.1) is 0 Å². The third kappa shape index (κ3) is 77.7. The molecule has 0 unspecified atom stereocenters. The molecule has 9 heteroatoms. The van der Waals surface area contributed by atoms with Crippen LogP contribution in [0.2, 0.25) is 0 Å². The normalized spacial score (nSPS) is 7.71. The molecule has 0 aliphatic heterocycles. The van der Waals surface area contributed by atoms with E-state index in [0.717, 1.165) is 0 Å². The zero-order valence-corrected chi connectivity index (χ0v) is 15.4. The Morgan fingerprint density at radius 3 is 0.810 bits per heavy atom. The van der Waals surface area contributed by atoms with Crippen molar-refractivity contribution < 1.29 is 31.8 Å². The van der Waals surface area contributed by atoms with Gasteiger partial charge in [-0.15, -0.1) is 12.4 Å². The molecule has 0 amide bonds. The Morgan fingerprint density at radius 1 is 0.667 bits per heavy atom. The van der Waals surface area contributed by atoms with Crippen molar-refractivity contribution in [2.24, 2.45) is 17.2 Å². The van der Waals surface area contributed by atoms with E-state index < -0.39 is 0 Å². The number of aliphatic hydroxyl groups excluding tert-OH is 3. The molecule has 0 bridgehead atoms. The summed E-state index contributed by atoms with van der Waals surface area (Å²) in [7, 11) is 0. The van der Waals surface area contributed by atoms with Gasteiger partial charge in [-0.2, -0.15) is 0 Å². The molecule has 0 aliphatic carbocycles. The van der Waals surface area contributed by atoms with Crippen LogP contribution >= 0.6 is 12.4 Å². The Morgan fingerprint density at radius 2 is 0.810 bits per heavy atom. The van der Waals surface area contributed by atoms with Gasteiger partial charge in [-0.1, -0.05) is 20.8 Å². The third-order valence-corrected chi connectivity index (χ3v) is 1.73. The SMILES string of the molecule is CCN(CC)CC.Cl.NCCO.NCCO.NCCO.[Ni]. The van der Waals surface area contributed by atoms with Crippen LogP contribution in [-0.2, 0) is 16.5 Å². The number of rotatable bonds is 6. The van der Waals surface area contributed by atoms with E-state index in [9.17, 15) is 0 Å². The van der Waals surface area contributed by atoms with Crippen LogP contribution in [0.3, 0.4) is 0 Å². The molecule has 7 nitrogen and oxygen atoms in total. The van der Waals surface area contributed by atoms with Crippen molar-refractivity contribution in [2.75, 3.05) is 59.1 Å². The van der Waals surface area contributed by atoms with Gasteiger partial charge in [-0.05, 0) is 19.6 Å². The van der Waals surface area contributed by atoms with E-state index in [1.54, 1.807) is 0 Å². The van der Waals surface area contributed by atoms with Crippen molar-refractivity contribution in [3.05, 3.63) is 0 Å². The Labute approximate surface area is 146 Å². The fraction of sp³-hybridized carbons (Fsp3) is 1.00. The zero-order chi connectivity index (χ0) is 15.9. The standard InChI is InChI=1S/C6H15N.3C2H7NO.ClH.Ni/c1-4-7(5-2)6-3;3*3-1-2-4;;/h4-6H2,1-3H3;3*4H,1-3H2;1H;. The molecule has 0 atom stereocenters. The molecule has 0 aliphatic rings. The van der Waals surface area contributed by atoms with Crippen LogP contribution in [0.25, 0.3) is 0 Å². The maximum Gasteiger partial charge on any atom is 0.0553 e. The van der Waals surface area contributed by atoms with E-state index in [0.29, 0.717) is 19.6 Å². The zero-order valence-electron chi connectivity index (χ0n) is 13.6. The predicted molar refractivity (Wildman–Crippen MR) is 89.1 cm³/mol. The largest absolute Gasteiger partial charge is 0.395 e. The monoisotopic (exact) mass is 378 g/mol. The molecule has 0 radical (unpaired) electrons. The molecule has 0 aromatic carbocycles. The first-order valence-corrected chi connectivity index (χ1v) is 6.74. The van der Waals surface area contributed by atoms with Gasteiger partial charge >= 0.3 is 0 Å². The number of hydrogen-bond donors (Lipinski definition) is 6. The molecular weight excluding hydrogens is 342 g/mol. The molecule has 0 aromatic rings. The predicted octanol–water partition coefficient (Wildman–Crippen LogP) is -1.42. The molecule has 0 rings (SSSR count). The average Bonchev–Trinajstić information content (AvgIpc) is 2.49. The first kappa shape index (κ1) is 37.6. The summed E-state index contributed by atoms with van der Waals surface area (Å²) in [5.41, 5.74) is 14.3. The topological polar surface area (TPSA) is 142 Å². The molecular formula is C12H37ClN4NiO3. The molecule has 140 valence electrons. The summed E-state index contributed by atoms with van der Waals surface area (Å²) in [6, 6.07) is 0. The van der Waals surface area contributed by atoms with E-state index in [-0.39, 0.29) is 48.7 Å². The second kappa shape index (κ2) is 49.9. The van der Waals surface area contributed by atoms with Gasteiger partial charge in [0.2, 0.25) is 0 Å². The van der Waals surface area contributed by atoms with Crippen LogP contribution < -0.4 is 17.2 Å². The second-order valence-electron chi connectivity index (χ2n) is 3.16. The number of aliphatic hydroxyl groups is 3. The van der Waals surface area contributed by atoms with Gasteiger partial charge in [0.25, 0.3) is 0 Å². The first-order valence-electron chi connectivity index (χ1n) is 6.74. The van der Waals surface area contributed by atoms with Crippen LogP contribution in [-0.4, -0.2) is 79.3 Å². The van der Waals surface area contributed by atoms with Gasteiger partial charge < -0.3 is 37.4 Å². The van der Waals surface area contributed by atoms with Crippen LogP contribution in [0.5, 0.6) is 0 Å². The van der Waals surface area contributed by atoms with E-state index in [1.807, 2.05) is 0 Å². The van der Waals surface area contributed by atoms with E-state index in [1.165, 1.54) is 19.6 Å². The van der Waals surface area contributed by atoms with Gasteiger partial charge in [-0.3, -0.25) is 0 Å². The molecule has 9 N–H and O–H groups in total. The van der Waals surface area contributed by atoms with Crippen molar-refractivity contribution >= 4 is 12.4 Å². The number of hydrogen-bond acceptors (Lipinski definition) is 7. The second-order valence-corrected chi connectivity index (χ2v) is 3.16. The maximum absolute atomic E-state index is 7.75. The molecule has 0 saturated heterocycles. The summed E-state index contributed by atoms with van der Waals surface area (Å²) in [5, 5.41) is 23.2. The van der Waals surface area contributed by atoms with Crippen molar-refractivity contribution in [3.63, 3.8) is 0 Å². The number of halogens is 1. The third-order valence-electron chi connectivity index (χ3n) is 1.73. The summed E-state index contributed by atoms with van der Waals surface area (Å²) in [6.45, 7) is 11.5. The van der Waals surface area contributed by atoms with Crippen molar-refractivity contribution in [1.29, 1.82) is 0 Å². The summed E-state index contributed by atoms with van der Waals surface area (Å²) in [5.74, 6) is 0. The van der Waals surface area contributed by atoms with Crippen molar-refractivity contribution in [1.82, 2.24) is 4.90 Å². The molecule has 0 aromatic heterocycles. The Bertz CT molecular complexity index is 97.5.